The molecular weight excluding hydrogens is 545 g/mol. The first-order chi connectivity index (χ1) is 18.0. The molecule has 2 aromatic rings. The van der Waals surface area contributed by atoms with Crippen LogP contribution in [0.15, 0.2) is 18.2 Å². The SMILES string of the molecule is CC(=O)N1C[C@H](C(=O)Cc2ccc(Cl)cc2C)[C@@H](c2nnc(C3CC4(CCC(F)(F)CC4)C3)n2C2CC2)C1.Cl. The molecule has 1 spiro atoms. The molecule has 1 aromatic heterocycles. The summed E-state index contributed by atoms with van der Waals surface area (Å²) < 4.78 is 29.8. The maximum absolute atomic E-state index is 13.8. The van der Waals surface area contributed by atoms with E-state index in [0.29, 0.717) is 37.0 Å². The van der Waals surface area contributed by atoms with E-state index < -0.39 is 5.92 Å². The molecule has 4 fully saturated rings. The summed E-state index contributed by atoms with van der Waals surface area (Å²) >= 11 is 6.12. The zero-order valence-corrected chi connectivity index (χ0v) is 24.0. The molecule has 4 aliphatic rings. The van der Waals surface area contributed by atoms with Crippen molar-refractivity contribution >= 4 is 35.7 Å². The van der Waals surface area contributed by atoms with Crippen LogP contribution in [0, 0.1) is 18.3 Å². The molecular formula is C29H36Cl2F2N4O2. The summed E-state index contributed by atoms with van der Waals surface area (Å²) in [7, 11) is 0. The van der Waals surface area contributed by atoms with E-state index in [1.165, 1.54) is 0 Å². The number of likely N-dealkylation sites (tertiary alicyclic amines) is 1. The standard InChI is InChI=1S/C29H35ClF2N4O2.ClH/c1-17-11-21(30)4-3-19(17)12-25(38)23-15-35(18(2)37)16-24(23)27-34-33-26(36(27)22-5-6-22)20-13-28(14-20)7-9-29(31,32)10-8-28;/h3-4,11,20,22-24H,5-10,12-16H2,1-2H3;1H/t23-,24-;/m0./s1. The van der Waals surface area contributed by atoms with Gasteiger partial charge in [-0.3, -0.25) is 9.59 Å². The Hall–Kier alpha value is -2.06. The van der Waals surface area contributed by atoms with Crippen molar-refractivity contribution in [3.05, 3.63) is 46.0 Å². The highest BCUT2D eigenvalue weighted by Gasteiger charge is 2.53. The molecule has 0 radical (unpaired) electrons. The van der Waals surface area contributed by atoms with Gasteiger partial charge in [0.15, 0.2) is 0 Å². The van der Waals surface area contributed by atoms with E-state index >= 15 is 0 Å². The molecule has 1 saturated heterocycles. The first kappa shape index (κ1) is 28.5. The van der Waals surface area contributed by atoms with Crippen LogP contribution in [0.2, 0.25) is 5.02 Å². The number of aromatic nitrogens is 3. The maximum atomic E-state index is 13.8. The van der Waals surface area contributed by atoms with Gasteiger partial charge in [0.25, 0.3) is 0 Å². The Kier molecular flexibility index (Phi) is 7.59. The number of ketones is 1. The van der Waals surface area contributed by atoms with Crippen molar-refractivity contribution in [3.63, 3.8) is 0 Å². The summed E-state index contributed by atoms with van der Waals surface area (Å²) in [5.41, 5.74) is 1.94. The third kappa shape index (κ3) is 5.48. The second kappa shape index (κ2) is 10.4. The van der Waals surface area contributed by atoms with E-state index in [1.807, 2.05) is 19.1 Å². The number of hydrogen-bond acceptors (Lipinski definition) is 4. The number of alkyl halides is 2. The number of carbonyl (C=O) groups excluding carboxylic acids is 2. The number of Topliss-reactive ketones (excluding diaryl/α,β-unsaturated/α-hetero) is 1. The third-order valence-corrected chi connectivity index (χ3v) is 9.84. The lowest BCUT2D eigenvalue weighted by Crippen LogP contribution is -2.42. The monoisotopic (exact) mass is 580 g/mol. The van der Waals surface area contributed by atoms with E-state index in [0.717, 1.165) is 48.5 Å². The van der Waals surface area contributed by atoms with Gasteiger partial charge in [-0.05, 0) is 74.1 Å². The second-order valence-corrected chi connectivity index (χ2v) is 12.8. The van der Waals surface area contributed by atoms with Crippen molar-refractivity contribution < 1.29 is 18.4 Å². The van der Waals surface area contributed by atoms with Gasteiger partial charge in [0.05, 0.1) is 0 Å². The Labute approximate surface area is 239 Å². The normalized spacial score (nSPS) is 25.8. The smallest absolute Gasteiger partial charge is 0.248 e. The third-order valence-electron chi connectivity index (χ3n) is 9.61. The van der Waals surface area contributed by atoms with Gasteiger partial charge >= 0.3 is 0 Å². The van der Waals surface area contributed by atoms with Crippen molar-refractivity contribution in [2.75, 3.05) is 13.1 Å². The van der Waals surface area contributed by atoms with Crippen molar-refractivity contribution in [3.8, 4) is 0 Å². The van der Waals surface area contributed by atoms with Crippen LogP contribution < -0.4 is 0 Å². The first-order valence-electron chi connectivity index (χ1n) is 13.9. The number of carbonyl (C=O) groups is 2. The Morgan fingerprint density at radius 1 is 1.05 bits per heavy atom. The molecule has 0 unspecified atom stereocenters. The number of amides is 1. The van der Waals surface area contributed by atoms with E-state index in [4.69, 9.17) is 11.6 Å². The van der Waals surface area contributed by atoms with Gasteiger partial charge < -0.3 is 9.47 Å². The molecule has 1 aromatic carbocycles. The highest BCUT2D eigenvalue weighted by molar-refractivity contribution is 6.30. The molecule has 2 atom stereocenters. The van der Waals surface area contributed by atoms with Crippen LogP contribution in [0.4, 0.5) is 8.78 Å². The predicted molar refractivity (Wildman–Crippen MR) is 147 cm³/mol. The van der Waals surface area contributed by atoms with Crippen molar-refractivity contribution in [1.29, 1.82) is 0 Å². The zero-order chi connectivity index (χ0) is 26.8. The quantitative estimate of drug-likeness (QED) is 0.394. The number of hydrogen-bond donors (Lipinski definition) is 0. The van der Waals surface area contributed by atoms with Gasteiger partial charge in [-0.15, -0.1) is 22.6 Å². The fraction of sp³-hybridized carbons (Fsp3) is 0.655. The summed E-state index contributed by atoms with van der Waals surface area (Å²) in [6.07, 6.45) is 5.29. The van der Waals surface area contributed by atoms with Crippen LogP contribution in [0.3, 0.4) is 0 Å². The van der Waals surface area contributed by atoms with Crippen molar-refractivity contribution in [2.24, 2.45) is 11.3 Å². The van der Waals surface area contributed by atoms with Gasteiger partial charge in [0, 0.05) is 68.1 Å². The number of rotatable bonds is 6. The second-order valence-electron chi connectivity index (χ2n) is 12.3. The Morgan fingerprint density at radius 2 is 1.72 bits per heavy atom. The summed E-state index contributed by atoms with van der Waals surface area (Å²) in [6, 6.07) is 5.90. The minimum atomic E-state index is -2.52. The minimum Gasteiger partial charge on any atom is -0.341 e. The first-order valence-corrected chi connectivity index (χ1v) is 14.3. The van der Waals surface area contributed by atoms with E-state index in [2.05, 4.69) is 14.8 Å². The van der Waals surface area contributed by atoms with Crippen LogP contribution >= 0.6 is 24.0 Å². The zero-order valence-electron chi connectivity index (χ0n) is 22.5. The molecule has 6 rings (SSSR count). The Balaban J connectivity index is 0.00000308. The molecule has 0 N–H and O–H groups in total. The van der Waals surface area contributed by atoms with E-state index in [1.54, 1.807) is 17.9 Å². The number of halogens is 4. The Bertz CT molecular complexity index is 1260. The lowest BCUT2D eigenvalue weighted by Gasteiger charge is -2.51. The van der Waals surface area contributed by atoms with E-state index in [9.17, 15) is 18.4 Å². The van der Waals surface area contributed by atoms with Gasteiger partial charge in [-0.1, -0.05) is 17.7 Å². The van der Waals surface area contributed by atoms with Gasteiger partial charge in [-0.25, -0.2) is 8.78 Å². The summed E-state index contributed by atoms with van der Waals surface area (Å²) in [6.45, 7) is 4.35. The number of aryl methyl sites for hydroxylation is 1. The highest BCUT2D eigenvalue weighted by Crippen LogP contribution is 2.61. The summed E-state index contributed by atoms with van der Waals surface area (Å²) in [5.74, 6) is -1.03. The summed E-state index contributed by atoms with van der Waals surface area (Å²) in [5, 5.41) is 9.97. The molecule has 1 amide bonds. The van der Waals surface area contributed by atoms with Crippen molar-refractivity contribution in [1.82, 2.24) is 19.7 Å². The predicted octanol–water partition coefficient (Wildman–Crippen LogP) is 6.44. The number of nitrogens with zero attached hydrogens (tertiary/aromatic N) is 4. The number of benzene rings is 1. The topological polar surface area (TPSA) is 68.1 Å². The lowest BCUT2D eigenvalue weighted by atomic mass is 9.55. The molecule has 10 heteroatoms. The molecule has 0 bridgehead atoms. The van der Waals surface area contributed by atoms with Crippen LogP contribution in [0.5, 0.6) is 0 Å². The highest BCUT2D eigenvalue weighted by atomic mass is 35.5. The Morgan fingerprint density at radius 3 is 2.33 bits per heavy atom. The van der Waals surface area contributed by atoms with Gasteiger partial charge in [-0.2, -0.15) is 0 Å². The van der Waals surface area contributed by atoms with Crippen molar-refractivity contribution in [2.45, 2.75) is 95.4 Å². The molecule has 39 heavy (non-hydrogen) atoms. The molecule has 6 nitrogen and oxygen atoms in total. The van der Waals surface area contributed by atoms with Crippen LogP contribution in [0.1, 0.15) is 98.9 Å². The van der Waals surface area contributed by atoms with Crippen LogP contribution in [-0.4, -0.2) is 50.4 Å². The average molecular weight is 582 g/mol. The molecule has 3 saturated carbocycles. The maximum Gasteiger partial charge on any atom is 0.248 e. The van der Waals surface area contributed by atoms with E-state index in [-0.39, 0.29) is 66.5 Å². The average Bonchev–Trinajstić information content (AvgIpc) is 3.42. The molecule has 2 heterocycles. The molecule has 1 aliphatic heterocycles. The van der Waals surface area contributed by atoms with Gasteiger partial charge in [0.1, 0.15) is 17.4 Å². The molecule has 212 valence electrons. The minimum absolute atomic E-state index is 0. The summed E-state index contributed by atoms with van der Waals surface area (Å²) in [4.78, 5) is 27.8. The van der Waals surface area contributed by atoms with Crippen LogP contribution in [-0.2, 0) is 16.0 Å². The fourth-order valence-electron chi connectivity index (χ4n) is 7.10. The van der Waals surface area contributed by atoms with Gasteiger partial charge in [0.2, 0.25) is 11.8 Å². The lowest BCUT2D eigenvalue weighted by molar-refractivity contribution is -0.128. The van der Waals surface area contributed by atoms with Crippen LogP contribution in [0.25, 0.3) is 0 Å². The molecule has 3 aliphatic carbocycles. The largest absolute Gasteiger partial charge is 0.341 e. The fourth-order valence-corrected chi connectivity index (χ4v) is 7.33.